The average molecular weight is 321 g/mol. The van der Waals surface area contributed by atoms with Crippen molar-refractivity contribution >= 4 is 5.91 Å². The molecule has 2 heterocycles. The second kappa shape index (κ2) is 8.00. The molecule has 2 aliphatic heterocycles. The first kappa shape index (κ1) is 17.3. The zero-order valence-electron chi connectivity index (χ0n) is 15.2. The van der Waals surface area contributed by atoms with Crippen molar-refractivity contribution in [3.63, 3.8) is 0 Å². The Morgan fingerprint density at radius 2 is 1.87 bits per heavy atom. The summed E-state index contributed by atoms with van der Waals surface area (Å²) in [7, 11) is 0. The highest BCUT2D eigenvalue weighted by Gasteiger charge is 2.46. The van der Waals surface area contributed by atoms with E-state index in [0.717, 1.165) is 25.3 Å². The molecule has 0 aromatic carbocycles. The van der Waals surface area contributed by atoms with Gasteiger partial charge in [0.15, 0.2) is 0 Å². The summed E-state index contributed by atoms with van der Waals surface area (Å²) in [4.78, 5) is 17.6. The number of nitrogens with zero attached hydrogens (tertiary/aromatic N) is 2. The Hall–Kier alpha value is -0.570. The molecule has 0 N–H and O–H groups in total. The van der Waals surface area contributed by atoms with Crippen molar-refractivity contribution in [3.05, 3.63) is 0 Å². The van der Waals surface area contributed by atoms with Crippen LogP contribution in [0.25, 0.3) is 0 Å². The fourth-order valence-corrected chi connectivity index (χ4v) is 5.16. The van der Waals surface area contributed by atoms with E-state index in [4.69, 9.17) is 0 Å². The zero-order valence-corrected chi connectivity index (χ0v) is 15.2. The standard InChI is InChI=1S/C20H36N2O/c1-2-3-14-21-15-7-11-20(13-16-21)12-10-19(23)22(20)17-18-8-5-4-6-9-18/h18H,2-17H2,1H3/t20-/m1/s1. The molecule has 0 aromatic heterocycles. The number of unbranched alkanes of at least 4 members (excludes halogenated alkanes) is 1. The number of rotatable bonds is 5. The molecule has 1 amide bonds. The quantitative estimate of drug-likeness (QED) is 0.757. The number of carbonyl (C=O) groups excluding carboxylic acids is 1. The van der Waals surface area contributed by atoms with Gasteiger partial charge in [0.05, 0.1) is 0 Å². The maximum atomic E-state index is 12.6. The lowest BCUT2D eigenvalue weighted by atomic mass is 9.84. The lowest BCUT2D eigenvalue weighted by Crippen LogP contribution is -2.48. The van der Waals surface area contributed by atoms with E-state index in [1.807, 2.05) is 0 Å². The fourth-order valence-electron chi connectivity index (χ4n) is 5.16. The lowest BCUT2D eigenvalue weighted by molar-refractivity contribution is -0.132. The van der Waals surface area contributed by atoms with Gasteiger partial charge in [-0.3, -0.25) is 4.79 Å². The van der Waals surface area contributed by atoms with Crippen LogP contribution in [0.1, 0.15) is 84.0 Å². The minimum Gasteiger partial charge on any atom is -0.337 e. The molecule has 23 heavy (non-hydrogen) atoms. The molecule has 132 valence electrons. The van der Waals surface area contributed by atoms with Crippen LogP contribution in [0.2, 0.25) is 0 Å². The van der Waals surface area contributed by atoms with E-state index in [1.165, 1.54) is 83.8 Å². The van der Waals surface area contributed by atoms with Crippen molar-refractivity contribution in [1.82, 2.24) is 9.80 Å². The summed E-state index contributed by atoms with van der Waals surface area (Å²) in [6, 6.07) is 0. The molecular weight excluding hydrogens is 284 g/mol. The minimum atomic E-state index is 0.218. The Morgan fingerprint density at radius 1 is 1.04 bits per heavy atom. The van der Waals surface area contributed by atoms with E-state index >= 15 is 0 Å². The van der Waals surface area contributed by atoms with Crippen LogP contribution in [0.5, 0.6) is 0 Å². The molecule has 3 heteroatoms. The molecule has 1 aliphatic carbocycles. The van der Waals surface area contributed by atoms with Gasteiger partial charge in [-0.05, 0) is 64.0 Å². The summed E-state index contributed by atoms with van der Waals surface area (Å²) in [5.41, 5.74) is 0.218. The Bertz CT molecular complexity index is 391. The first-order valence-electron chi connectivity index (χ1n) is 10.3. The molecule has 0 aromatic rings. The van der Waals surface area contributed by atoms with Gasteiger partial charge < -0.3 is 9.80 Å². The van der Waals surface area contributed by atoms with Gasteiger partial charge in [-0.15, -0.1) is 0 Å². The van der Waals surface area contributed by atoms with Crippen LogP contribution >= 0.6 is 0 Å². The van der Waals surface area contributed by atoms with E-state index in [-0.39, 0.29) is 5.54 Å². The van der Waals surface area contributed by atoms with Crippen LogP contribution in [0.15, 0.2) is 0 Å². The predicted octanol–water partition coefficient (Wildman–Crippen LogP) is 4.21. The topological polar surface area (TPSA) is 23.6 Å². The van der Waals surface area contributed by atoms with Crippen molar-refractivity contribution in [2.24, 2.45) is 5.92 Å². The van der Waals surface area contributed by atoms with Gasteiger partial charge in [-0.2, -0.15) is 0 Å². The molecule has 1 atom stereocenters. The number of carbonyl (C=O) groups is 1. The predicted molar refractivity (Wildman–Crippen MR) is 95.5 cm³/mol. The van der Waals surface area contributed by atoms with Crippen LogP contribution in [-0.4, -0.2) is 47.4 Å². The molecule has 0 unspecified atom stereocenters. The summed E-state index contributed by atoms with van der Waals surface area (Å²) < 4.78 is 0. The van der Waals surface area contributed by atoms with E-state index in [9.17, 15) is 4.79 Å². The van der Waals surface area contributed by atoms with Gasteiger partial charge in [0.1, 0.15) is 0 Å². The lowest BCUT2D eigenvalue weighted by Gasteiger charge is -2.41. The smallest absolute Gasteiger partial charge is 0.223 e. The number of amides is 1. The largest absolute Gasteiger partial charge is 0.337 e. The SMILES string of the molecule is CCCCN1CCC[C@@]2(CCC(=O)N2CC2CCCCC2)CC1. The maximum Gasteiger partial charge on any atom is 0.223 e. The van der Waals surface area contributed by atoms with Crippen LogP contribution in [0, 0.1) is 5.92 Å². The zero-order chi connectivity index (χ0) is 16.1. The molecule has 1 spiro atoms. The second-order valence-corrected chi connectivity index (χ2v) is 8.28. The second-order valence-electron chi connectivity index (χ2n) is 8.28. The molecule has 1 saturated carbocycles. The third-order valence-corrected chi connectivity index (χ3v) is 6.68. The van der Waals surface area contributed by atoms with Crippen molar-refractivity contribution in [3.8, 4) is 0 Å². The molecule has 3 fully saturated rings. The van der Waals surface area contributed by atoms with E-state index in [2.05, 4.69) is 16.7 Å². The van der Waals surface area contributed by atoms with Gasteiger partial charge in [0.2, 0.25) is 5.91 Å². The van der Waals surface area contributed by atoms with Gasteiger partial charge >= 0.3 is 0 Å². The maximum absolute atomic E-state index is 12.6. The Kier molecular flexibility index (Phi) is 6.01. The highest BCUT2D eigenvalue weighted by Crippen LogP contribution is 2.40. The molecular formula is C20H36N2O. The van der Waals surface area contributed by atoms with Crippen LogP contribution in [-0.2, 0) is 4.79 Å². The van der Waals surface area contributed by atoms with Crippen LogP contribution < -0.4 is 0 Å². The monoisotopic (exact) mass is 320 g/mol. The van der Waals surface area contributed by atoms with Crippen molar-refractivity contribution in [2.45, 2.75) is 89.5 Å². The van der Waals surface area contributed by atoms with Crippen molar-refractivity contribution in [1.29, 1.82) is 0 Å². The Balaban J connectivity index is 1.62. The molecule has 3 nitrogen and oxygen atoms in total. The summed E-state index contributed by atoms with van der Waals surface area (Å²) in [6.07, 6.45) is 15.1. The minimum absolute atomic E-state index is 0.218. The summed E-state index contributed by atoms with van der Waals surface area (Å²) in [6.45, 7) is 7.04. The summed E-state index contributed by atoms with van der Waals surface area (Å²) >= 11 is 0. The van der Waals surface area contributed by atoms with Gasteiger partial charge in [0.25, 0.3) is 0 Å². The molecule has 0 radical (unpaired) electrons. The third-order valence-electron chi connectivity index (χ3n) is 6.68. The summed E-state index contributed by atoms with van der Waals surface area (Å²) in [5.74, 6) is 1.24. The molecule has 2 saturated heterocycles. The normalized spacial score (nSPS) is 31.0. The molecule has 0 bridgehead atoms. The first-order valence-corrected chi connectivity index (χ1v) is 10.3. The van der Waals surface area contributed by atoms with Gasteiger partial charge in [-0.1, -0.05) is 32.6 Å². The first-order chi connectivity index (χ1) is 11.2. The van der Waals surface area contributed by atoms with E-state index < -0.39 is 0 Å². The number of likely N-dealkylation sites (tertiary alicyclic amines) is 2. The van der Waals surface area contributed by atoms with Gasteiger partial charge in [-0.25, -0.2) is 0 Å². The molecule has 3 aliphatic rings. The number of hydrogen-bond acceptors (Lipinski definition) is 2. The van der Waals surface area contributed by atoms with Crippen LogP contribution in [0.4, 0.5) is 0 Å². The number of hydrogen-bond donors (Lipinski definition) is 0. The van der Waals surface area contributed by atoms with Crippen LogP contribution in [0.3, 0.4) is 0 Å². The van der Waals surface area contributed by atoms with E-state index in [1.54, 1.807) is 0 Å². The van der Waals surface area contributed by atoms with Crippen molar-refractivity contribution < 1.29 is 4.79 Å². The summed E-state index contributed by atoms with van der Waals surface area (Å²) in [5, 5.41) is 0. The van der Waals surface area contributed by atoms with Crippen molar-refractivity contribution in [2.75, 3.05) is 26.2 Å². The third kappa shape index (κ3) is 4.10. The Labute approximate surface area is 142 Å². The Morgan fingerprint density at radius 3 is 2.65 bits per heavy atom. The van der Waals surface area contributed by atoms with E-state index in [0.29, 0.717) is 5.91 Å². The molecule has 3 rings (SSSR count). The highest BCUT2D eigenvalue weighted by atomic mass is 16.2. The van der Waals surface area contributed by atoms with Gasteiger partial charge in [0, 0.05) is 25.0 Å². The average Bonchev–Trinajstić information content (AvgIpc) is 2.75. The highest BCUT2D eigenvalue weighted by molar-refractivity contribution is 5.79. The fraction of sp³-hybridized carbons (Fsp3) is 0.950.